The van der Waals surface area contributed by atoms with Gasteiger partial charge >= 0.3 is 0 Å². The molecule has 0 aliphatic carbocycles. The Kier molecular flexibility index (Phi) is 9.05. The van der Waals surface area contributed by atoms with E-state index in [9.17, 15) is 19.5 Å². The zero-order valence-electron chi connectivity index (χ0n) is 24.0. The highest BCUT2D eigenvalue weighted by Gasteiger charge is 2.79. The van der Waals surface area contributed by atoms with Gasteiger partial charge in [0.05, 0.1) is 24.5 Å². The van der Waals surface area contributed by atoms with Gasteiger partial charge in [0.25, 0.3) is 5.91 Å². The first-order valence-electron chi connectivity index (χ1n) is 14.4. The van der Waals surface area contributed by atoms with Crippen LogP contribution in [0.3, 0.4) is 0 Å². The fourth-order valence-corrected chi connectivity index (χ4v) is 7.13. The number of amides is 3. The molecule has 2 unspecified atom stereocenters. The fourth-order valence-electron chi connectivity index (χ4n) is 7.13. The zero-order valence-corrected chi connectivity index (χ0v) is 24.0. The molecule has 3 aliphatic rings. The van der Waals surface area contributed by atoms with Crippen LogP contribution >= 0.6 is 0 Å². The number of ether oxygens (including phenoxy) is 2. The van der Waals surface area contributed by atoms with E-state index in [1.807, 2.05) is 13.8 Å². The van der Waals surface area contributed by atoms with Gasteiger partial charge in [-0.25, -0.2) is 0 Å². The molecule has 9 nitrogen and oxygen atoms in total. The molecule has 3 amide bonds. The van der Waals surface area contributed by atoms with Crippen LogP contribution in [0.25, 0.3) is 0 Å². The predicted molar refractivity (Wildman–Crippen MR) is 153 cm³/mol. The maximum atomic E-state index is 14.5. The van der Waals surface area contributed by atoms with Gasteiger partial charge in [0.1, 0.15) is 17.4 Å². The Bertz CT molecular complexity index is 1120. The van der Waals surface area contributed by atoms with E-state index in [0.717, 1.165) is 6.42 Å². The highest BCUT2D eigenvalue weighted by Crippen LogP contribution is 2.64. The second-order valence-electron chi connectivity index (χ2n) is 11.0. The first kappa shape index (κ1) is 29.8. The molecule has 9 heteroatoms. The van der Waals surface area contributed by atoms with Crippen molar-refractivity contribution >= 4 is 23.4 Å². The number of benzene rings is 1. The molecule has 218 valence electrons. The average molecular weight is 554 g/mol. The molecule has 1 aromatic carbocycles. The minimum absolute atomic E-state index is 0.114. The number of anilines is 1. The summed E-state index contributed by atoms with van der Waals surface area (Å²) in [4.78, 5) is 47.9. The molecule has 0 aromatic heterocycles. The summed E-state index contributed by atoms with van der Waals surface area (Å²) in [7, 11) is 1.58. The van der Waals surface area contributed by atoms with E-state index in [1.165, 1.54) is 0 Å². The normalized spacial score (nSPS) is 28.4. The molecule has 3 aliphatic heterocycles. The number of rotatable bonds is 14. The van der Waals surface area contributed by atoms with Crippen molar-refractivity contribution in [2.75, 3.05) is 44.8 Å². The molecule has 4 rings (SSSR count). The number of hydrogen-bond acceptors (Lipinski definition) is 6. The largest absolute Gasteiger partial charge is 0.497 e. The molecule has 3 fully saturated rings. The summed E-state index contributed by atoms with van der Waals surface area (Å²) in [6.07, 6.45) is 6.11. The number of nitrogens with zero attached hydrogens (tertiary/aromatic N) is 3. The Hall–Kier alpha value is -3.17. The van der Waals surface area contributed by atoms with Crippen LogP contribution < -0.4 is 9.64 Å². The monoisotopic (exact) mass is 553 g/mol. The number of hydrogen-bond donors (Lipinski definition) is 1. The van der Waals surface area contributed by atoms with Crippen LogP contribution in [-0.4, -0.2) is 89.8 Å². The minimum Gasteiger partial charge on any atom is -0.497 e. The number of aliphatic hydroxyl groups is 1. The smallest absolute Gasteiger partial charge is 0.253 e. The van der Waals surface area contributed by atoms with Crippen molar-refractivity contribution in [2.45, 2.75) is 63.2 Å². The second kappa shape index (κ2) is 12.1. The van der Waals surface area contributed by atoms with E-state index in [2.05, 4.69) is 13.2 Å². The number of likely N-dealkylation sites (tertiary alicyclic amines) is 1. The Balaban J connectivity index is 1.80. The van der Waals surface area contributed by atoms with Crippen LogP contribution in [0.1, 0.15) is 46.0 Å². The lowest BCUT2D eigenvalue weighted by Crippen LogP contribution is -2.56. The van der Waals surface area contributed by atoms with Gasteiger partial charge in [0.15, 0.2) is 0 Å². The standard InChI is InChI=1S/C31H43N3O6/c1-6-17-32(18-7-2)27(36)24-25-28(37)34(20-10-21-35)26(31(25)16-15-30(24,9-4)40-31)29(38)33(19-8-3)22-11-13-23(39-5)14-12-22/h6,8,11-14,24-26,35H,1,3,7,9-10,15-21H2,2,4-5H3/t24-,25-,26?,30+,31?/m0/s1. The van der Waals surface area contributed by atoms with E-state index in [-0.39, 0.29) is 37.4 Å². The fraction of sp³-hybridized carbons (Fsp3) is 0.581. The van der Waals surface area contributed by atoms with E-state index < -0.39 is 29.1 Å². The molecule has 2 bridgehead atoms. The summed E-state index contributed by atoms with van der Waals surface area (Å²) >= 11 is 0. The van der Waals surface area contributed by atoms with E-state index in [1.54, 1.807) is 58.2 Å². The molecule has 0 radical (unpaired) electrons. The van der Waals surface area contributed by atoms with Crippen molar-refractivity contribution in [2.24, 2.45) is 11.8 Å². The van der Waals surface area contributed by atoms with Crippen molar-refractivity contribution in [1.82, 2.24) is 9.80 Å². The van der Waals surface area contributed by atoms with Gasteiger partial charge in [-0.2, -0.15) is 0 Å². The van der Waals surface area contributed by atoms with Crippen molar-refractivity contribution in [3.8, 4) is 5.75 Å². The van der Waals surface area contributed by atoms with Crippen molar-refractivity contribution in [3.05, 3.63) is 49.6 Å². The quantitative estimate of drug-likeness (QED) is 0.356. The molecular formula is C31H43N3O6. The highest BCUT2D eigenvalue weighted by atomic mass is 16.5. The van der Waals surface area contributed by atoms with Crippen LogP contribution in [0, 0.1) is 11.8 Å². The van der Waals surface area contributed by atoms with Crippen LogP contribution in [0.4, 0.5) is 5.69 Å². The third-order valence-corrected chi connectivity index (χ3v) is 8.85. The van der Waals surface area contributed by atoms with Crippen molar-refractivity contribution in [3.63, 3.8) is 0 Å². The molecule has 0 saturated carbocycles. The summed E-state index contributed by atoms with van der Waals surface area (Å²) in [5.74, 6) is -1.44. The number of methoxy groups -OCH3 is 1. The maximum Gasteiger partial charge on any atom is 0.253 e. The van der Waals surface area contributed by atoms with Gasteiger partial charge in [0, 0.05) is 38.5 Å². The minimum atomic E-state index is -1.13. The first-order valence-corrected chi connectivity index (χ1v) is 14.4. The Labute approximate surface area is 237 Å². The lowest BCUT2D eigenvalue weighted by atomic mass is 9.64. The number of carbonyl (C=O) groups excluding carboxylic acids is 3. The molecule has 3 heterocycles. The Morgan fingerprint density at radius 3 is 2.42 bits per heavy atom. The van der Waals surface area contributed by atoms with E-state index in [4.69, 9.17) is 9.47 Å². The van der Waals surface area contributed by atoms with Gasteiger partial charge in [0.2, 0.25) is 11.8 Å². The second-order valence-corrected chi connectivity index (χ2v) is 11.0. The third-order valence-electron chi connectivity index (χ3n) is 8.85. The van der Waals surface area contributed by atoms with Crippen molar-refractivity contribution in [1.29, 1.82) is 0 Å². The lowest BCUT2D eigenvalue weighted by molar-refractivity contribution is -0.151. The SMILES string of the molecule is C=CCN(CCC)C(=O)[C@@H]1[C@H]2C(=O)N(CCCO)C(C(=O)N(CC=C)c3ccc(OC)cc3)C23CC[C@@]1(CC)O3. The van der Waals surface area contributed by atoms with Crippen LogP contribution in [0.2, 0.25) is 0 Å². The van der Waals surface area contributed by atoms with Crippen LogP contribution in [0.5, 0.6) is 5.75 Å². The highest BCUT2D eigenvalue weighted by molar-refractivity contribution is 6.05. The summed E-state index contributed by atoms with van der Waals surface area (Å²) in [5, 5.41) is 9.64. The summed E-state index contributed by atoms with van der Waals surface area (Å²) < 4.78 is 12.2. The first-order chi connectivity index (χ1) is 19.3. The number of fused-ring (bicyclic) bond motifs is 1. The Morgan fingerprint density at radius 1 is 1.15 bits per heavy atom. The summed E-state index contributed by atoms with van der Waals surface area (Å²) in [5.41, 5.74) is -1.29. The number of carbonyl (C=O) groups is 3. The molecule has 1 N–H and O–H groups in total. The predicted octanol–water partition coefficient (Wildman–Crippen LogP) is 3.18. The van der Waals surface area contributed by atoms with Crippen LogP contribution in [-0.2, 0) is 19.1 Å². The topological polar surface area (TPSA) is 99.6 Å². The van der Waals surface area contributed by atoms with E-state index in [0.29, 0.717) is 50.2 Å². The maximum absolute atomic E-state index is 14.5. The Morgan fingerprint density at radius 2 is 1.85 bits per heavy atom. The molecule has 3 saturated heterocycles. The van der Waals surface area contributed by atoms with Crippen molar-refractivity contribution < 1.29 is 29.0 Å². The van der Waals surface area contributed by atoms with Gasteiger partial charge in [-0.05, 0) is 56.4 Å². The van der Waals surface area contributed by atoms with E-state index >= 15 is 0 Å². The molecular weight excluding hydrogens is 510 g/mol. The number of aliphatic hydroxyl groups excluding tert-OH is 1. The molecule has 40 heavy (non-hydrogen) atoms. The van der Waals surface area contributed by atoms with Gasteiger partial charge in [-0.15, -0.1) is 13.2 Å². The van der Waals surface area contributed by atoms with Gasteiger partial charge in [-0.1, -0.05) is 26.0 Å². The molecule has 1 spiro atoms. The summed E-state index contributed by atoms with van der Waals surface area (Å²) in [6.45, 7) is 12.9. The lowest BCUT2D eigenvalue weighted by Gasteiger charge is -2.37. The zero-order chi connectivity index (χ0) is 29.1. The van der Waals surface area contributed by atoms with Crippen LogP contribution in [0.15, 0.2) is 49.6 Å². The third kappa shape index (κ3) is 4.73. The molecule has 5 atom stereocenters. The molecule has 1 aromatic rings. The average Bonchev–Trinajstić information content (AvgIpc) is 3.57. The summed E-state index contributed by atoms with van der Waals surface area (Å²) in [6, 6.07) is 6.24. The van der Waals surface area contributed by atoms with Gasteiger partial charge in [-0.3, -0.25) is 14.4 Å². The van der Waals surface area contributed by atoms with Gasteiger partial charge < -0.3 is 29.3 Å².